The molecule has 206 valence electrons. The van der Waals surface area contributed by atoms with Crippen molar-refractivity contribution in [3.8, 4) is 5.75 Å². The quantitative estimate of drug-likeness (QED) is 0.298. The number of benzene rings is 4. The zero-order valence-electron chi connectivity index (χ0n) is 22.4. The number of nitrogens with one attached hydrogen (secondary N) is 1. The Kier molecular flexibility index (Phi) is 8.60. The molecule has 40 heavy (non-hydrogen) atoms. The average molecular weight is 556 g/mol. The van der Waals surface area contributed by atoms with Crippen LogP contribution in [0.15, 0.2) is 114 Å². The van der Waals surface area contributed by atoms with Crippen LogP contribution in [0, 0.1) is 0 Å². The van der Waals surface area contributed by atoms with Crippen LogP contribution in [0.2, 0.25) is 0 Å². The predicted molar refractivity (Wildman–Crippen MR) is 157 cm³/mol. The van der Waals surface area contributed by atoms with Crippen LogP contribution in [0.3, 0.4) is 0 Å². The summed E-state index contributed by atoms with van der Waals surface area (Å²) in [4.78, 5) is 15.2. The Morgan fingerprint density at radius 1 is 0.775 bits per heavy atom. The van der Waals surface area contributed by atoms with Crippen molar-refractivity contribution in [1.82, 2.24) is 9.21 Å². The van der Waals surface area contributed by atoms with Crippen LogP contribution in [0.4, 0.5) is 5.69 Å². The summed E-state index contributed by atoms with van der Waals surface area (Å²) in [5.74, 6) is 0.422. The fourth-order valence-corrected chi connectivity index (χ4v) is 6.44. The first-order valence-electron chi connectivity index (χ1n) is 13.4. The third-order valence-electron chi connectivity index (χ3n) is 7.05. The third kappa shape index (κ3) is 6.25. The number of carbonyl (C=O) groups is 1. The number of carbonyl (C=O) groups excluding carboxylic acids is 1. The molecule has 0 saturated carbocycles. The van der Waals surface area contributed by atoms with E-state index in [0.717, 1.165) is 0 Å². The summed E-state index contributed by atoms with van der Waals surface area (Å²) < 4.78 is 33.9. The van der Waals surface area contributed by atoms with Gasteiger partial charge in [0, 0.05) is 37.4 Å². The van der Waals surface area contributed by atoms with Crippen LogP contribution in [-0.4, -0.2) is 56.3 Å². The lowest BCUT2D eigenvalue weighted by atomic mass is 9.96. The molecule has 1 fully saturated rings. The Balaban J connectivity index is 1.24. The molecule has 8 heteroatoms. The fourth-order valence-electron chi connectivity index (χ4n) is 5.02. The maximum absolute atomic E-state index is 13.5. The molecule has 1 N–H and O–H groups in total. The first-order chi connectivity index (χ1) is 19.5. The number of piperazine rings is 1. The highest BCUT2D eigenvalue weighted by atomic mass is 32.2. The Hall–Kier alpha value is -3.98. The highest BCUT2D eigenvalue weighted by molar-refractivity contribution is 7.89. The standard InChI is InChI=1S/C32H33N3O4S/c1-2-39-29-17-13-27(14-18-29)32(36)33-28-15-19-30(20-16-28)40(37,38)35-23-21-34(22-24-35)31(25-9-5-3-6-10-25)26-11-7-4-8-12-26/h3-20,31H,2,21-24H2,1H3,(H,33,36). The Labute approximate surface area is 236 Å². The van der Waals surface area contributed by atoms with Gasteiger partial charge in [0.25, 0.3) is 5.91 Å². The summed E-state index contributed by atoms with van der Waals surface area (Å²) in [6.45, 7) is 4.48. The number of rotatable bonds is 9. The smallest absolute Gasteiger partial charge is 0.255 e. The van der Waals surface area contributed by atoms with Crippen LogP contribution in [0.25, 0.3) is 0 Å². The molecule has 4 aromatic rings. The minimum Gasteiger partial charge on any atom is -0.494 e. The minimum atomic E-state index is -3.67. The van der Waals surface area contributed by atoms with E-state index in [1.54, 1.807) is 52.8 Å². The SMILES string of the molecule is CCOc1ccc(C(=O)Nc2ccc(S(=O)(=O)N3CCN(C(c4ccccc4)c4ccccc4)CC3)cc2)cc1. The van der Waals surface area contributed by atoms with E-state index in [0.29, 0.717) is 49.8 Å². The third-order valence-corrected chi connectivity index (χ3v) is 8.96. The number of anilines is 1. The second kappa shape index (κ2) is 12.5. The molecule has 0 aliphatic carbocycles. The Morgan fingerprint density at radius 3 is 1.85 bits per heavy atom. The van der Waals surface area contributed by atoms with E-state index < -0.39 is 10.0 Å². The Bertz CT molecular complexity index is 1460. The van der Waals surface area contributed by atoms with Crippen molar-refractivity contribution >= 4 is 21.6 Å². The molecular weight excluding hydrogens is 522 g/mol. The van der Waals surface area contributed by atoms with Crippen molar-refractivity contribution in [3.63, 3.8) is 0 Å². The monoisotopic (exact) mass is 555 g/mol. The second-order valence-electron chi connectivity index (χ2n) is 9.60. The molecule has 1 saturated heterocycles. The maximum atomic E-state index is 13.5. The zero-order valence-corrected chi connectivity index (χ0v) is 23.3. The van der Waals surface area contributed by atoms with Gasteiger partial charge in [-0.05, 0) is 66.6 Å². The molecule has 1 amide bonds. The van der Waals surface area contributed by atoms with Gasteiger partial charge in [-0.25, -0.2) is 8.42 Å². The summed E-state index contributed by atoms with van der Waals surface area (Å²) in [6, 6.07) is 33.9. The largest absolute Gasteiger partial charge is 0.494 e. The summed E-state index contributed by atoms with van der Waals surface area (Å²) in [5, 5.41) is 2.82. The number of hydrogen-bond acceptors (Lipinski definition) is 5. The van der Waals surface area contributed by atoms with Gasteiger partial charge in [0.2, 0.25) is 10.0 Å². The van der Waals surface area contributed by atoms with Crippen LogP contribution < -0.4 is 10.1 Å². The van der Waals surface area contributed by atoms with Gasteiger partial charge in [-0.2, -0.15) is 4.31 Å². The van der Waals surface area contributed by atoms with Gasteiger partial charge < -0.3 is 10.1 Å². The van der Waals surface area contributed by atoms with Gasteiger partial charge in [0.15, 0.2) is 0 Å². The van der Waals surface area contributed by atoms with E-state index in [1.165, 1.54) is 11.1 Å². The van der Waals surface area contributed by atoms with Crippen molar-refractivity contribution in [2.75, 3.05) is 38.1 Å². The lowest BCUT2D eigenvalue weighted by Crippen LogP contribution is -2.49. The van der Waals surface area contributed by atoms with Crippen LogP contribution in [-0.2, 0) is 10.0 Å². The van der Waals surface area contributed by atoms with Crippen LogP contribution in [0.5, 0.6) is 5.75 Å². The topological polar surface area (TPSA) is 78.9 Å². The molecule has 1 aliphatic rings. The lowest BCUT2D eigenvalue weighted by molar-refractivity contribution is 0.102. The van der Waals surface area contributed by atoms with Crippen molar-refractivity contribution in [3.05, 3.63) is 126 Å². The van der Waals surface area contributed by atoms with Gasteiger partial charge in [-0.15, -0.1) is 0 Å². The maximum Gasteiger partial charge on any atom is 0.255 e. The summed E-state index contributed by atoms with van der Waals surface area (Å²) in [6.07, 6.45) is 0. The molecule has 0 atom stereocenters. The molecule has 7 nitrogen and oxygen atoms in total. The summed E-state index contributed by atoms with van der Waals surface area (Å²) in [7, 11) is -3.67. The van der Waals surface area contributed by atoms with E-state index in [-0.39, 0.29) is 16.8 Å². The number of ether oxygens (including phenoxy) is 1. The average Bonchev–Trinajstić information content (AvgIpc) is 2.99. The highest BCUT2D eigenvalue weighted by Gasteiger charge is 2.32. The molecular formula is C32H33N3O4S. The predicted octanol–water partition coefficient (Wildman–Crippen LogP) is 5.43. The first kappa shape index (κ1) is 27.6. The minimum absolute atomic E-state index is 0.0607. The number of hydrogen-bond donors (Lipinski definition) is 1. The number of amides is 1. The van der Waals surface area contributed by atoms with Crippen molar-refractivity contribution in [2.24, 2.45) is 0 Å². The molecule has 5 rings (SSSR count). The van der Waals surface area contributed by atoms with Crippen molar-refractivity contribution < 1.29 is 17.9 Å². The van der Waals surface area contributed by atoms with Gasteiger partial charge in [-0.1, -0.05) is 60.7 Å². The van der Waals surface area contributed by atoms with Gasteiger partial charge >= 0.3 is 0 Å². The molecule has 0 unspecified atom stereocenters. The van der Waals surface area contributed by atoms with Crippen molar-refractivity contribution in [2.45, 2.75) is 17.9 Å². The molecule has 4 aromatic carbocycles. The summed E-state index contributed by atoms with van der Waals surface area (Å²) >= 11 is 0. The molecule has 0 aromatic heterocycles. The van der Waals surface area contributed by atoms with Gasteiger partial charge in [-0.3, -0.25) is 9.69 Å². The number of sulfonamides is 1. The second-order valence-corrected chi connectivity index (χ2v) is 11.5. The van der Waals surface area contributed by atoms with Gasteiger partial charge in [0.05, 0.1) is 17.5 Å². The lowest BCUT2D eigenvalue weighted by Gasteiger charge is -2.39. The molecule has 1 aliphatic heterocycles. The van der Waals surface area contributed by atoms with E-state index in [9.17, 15) is 13.2 Å². The molecule has 0 bridgehead atoms. The molecule has 1 heterocycles. The number of nitrogens with zero attached hydrogens (tertiary/aromatic N) is 2. The summed E-state index contributed by atoms with van der Waals surface area (Å²) in [5.41, 5.74) is 3.39. The highest BCUT2D eigenvalue weighted by Crippen LogP contribution is 2.30. The van der Waals surface area contributed by atoms with Gasteiger partial charge in [0.1, 0.15) is 5.75 Å². The van der Waals surface area contributed by atoms with E-state index in [1.807, 2.05) is 43.3 Å². The van der Waals surface area contributed by atoms with E-state index >= 15 is 0 Å². The van der Waals surface area contributed by atoms with Crippen LogP contribution >= 0.6 is 0 Å². The van der Waals surface area contributed by atoms with E-state index in [2.05, 4.69) is 34.5 Å². The fraction of sp³-hybridized carbons (Fsp3) is 0.219. The Morgan fingerprint density at radius 2 is 1.32 bits per heavy atom. The molecule has 0 radical (unpaired) electrons. The zero-order chi connectivity index (χ0) is 28.0. The van der Waals surface area contributed by atoms with E-state index in [4.69, 9.17) is 4.74 Å². The molecule has 0 spiro atoms. The normalized spacial score (nSPS) is 14.7. The van der Waals surface area contributed by atoms with Crippen molar-refractivity contribution in [1.29, 1.82) is 0 Å². The first-order valence-corrected chi connectivity index (χ1v) is 14.9. The van der Waals surface area contributed by atoms with Crippen LogP contribution in [0.1, 0.15) is 34.5 Å².